The maximum absolute atomic E-state index is 14.2. The Hall–Kier alpha value is -2.49. The largest absolute Gasteiger partial charge is 0.465 e. The van der Waals surface area contributed by atoms with E-state index < -0.39 is 23.1 Å². The van der Waals surface area contributed by atoms with Gasteiger partial charge in [0, 0.05) is 18.7 Å². The van der Waals surface area contributed by atoms with Gasteiger partial charge >= 0.3 is 5.97 Å². The van der Waals surface area contributed by atoms with Crippen molar-refractivity contribution < 1.29 is 32.2 Å². The van der Waals surface area contributed by atoms with E-state index in [0.717, 1.165) is 6.07 Å². The van der Waals surface area contributed by atoms with Crippen molar-refractivity contribution in [3.05, 3.63) is 58.9 Å². The van der Waals surface area contributed by atoms with Crippen LogP contribution in [0, 0.1) is 5.82 Å². The van der Waals surface area contributed by atoms with Crippen molar-refractivity contribution in [2.45, 2.75) is 13.1 Å². The van der Waals surface area contributed by atoms with E-state index in [4.69, 9.17) is 9.47 Å². The lowest BCUT2D eigenvalue weighted by Gasteiger charge is -2.18. The van der Waals surface area contributed by atoms with Crippen LogP contribution in [0.25, 0.3) is 0 Å². The molecule has 0 saturated heterocycles. The van der Waals surface area contributed by atoms with Crippen LogP contribution in [0.5, 0.6) is 11.5 Å². The molecule has 1 aliphatic heterocycles. The monoisotopic (exact) mass is 381 g/mol. The Balaban J connectivity index is 1.77. The van der Waals surface area contributed by atoms with Gasteiger partial charge in [-0.2, -0.15) is 4.31 Å². The van der Waals surface area contributed by atoms with Crippen LogP contribution in [0.15, 0.2) is 36.4 Å². The highest BCUT2D eigenvalue weighted by Crippen LogP contribution is 2.33. The molecule has 9 heteroatoms. The van der Waals surface area contributed by atoms with Gasteiger partial charge in [-0.05, 0) is 29.8 Å². The van der Waals surface area contributed by atoms with Crippen molar-refractivity contribution in [3.63, 3.8) is 0 Å². The van der Waals surface area contributed by atoms with E-state index >= 15 is 0 Å². The Morgan fingerprint density at radius 1 is 1.23 bits per heavy atom. The van der Waals surface area contributed by atoms with E-state index in [0.29, 0.717) is 17.1 Å². The van der Waals surface area contributed by atoms with Crippen LogP contribution in [0.4, 0.5) is 4.39 Å². The van der Waals surface area contributed by atoms with Crippen molar-refractivity contribution in [3.8, 4) is 11.5 Å². The van der Waals surface area contributed by atoms with Crippen LogP contribution >= 0.6 is 0 Å². The molecular formula is C17H16FNO6S. The summed E-state index contributed by atoms with van der Waals surface area (Å²) in [5.74, 6) is -0.151. The molecule has 138 valence electrons. The Kier molecular flexibility index (Phi) is 5.50. The molecule has 26 heavy (non-hydrogen) atoms. The second-order valence-corrected chi connectivity index (χ2v) is 6.49. The third-order valence-electron chi connectivity index (χ3n) is 3.84. The number of esters is 1. The van der Waals surface area contributed by atoms with Gasteiger partial charge in [-0.3, -0.25) is 4.55 Å². The van der Waals surface area contributed by atoms with Gasteiger partial charge < -0.3 is 14.2 Å². The van der Waals surface area contributed by atoms with Crippen LogP contribution in [-0.4, -0.2) is 32.9 Å². The number of methoxy groups -OCH3 is 1. The number of fused-ring (bicyclic) bond motifs is 1. The average Bonchev–Trinajstić information content (AvgIpc) is 3.09. The first kappa shape index (κ1) is 18.3. The summed E-state index contributed by atoms with van der Waals surface area (Å²) in [7, 11) is 1.20. The minimum atomic E-state index is -2.32. The van der Waals surface area contributed by atoms with Crippen LogP contribution in [-0.2, 0) is 29.1 Å². The van der Waals surface area contributed by atoms with E-state index in [1.807, 2.05) is 0 Å². The van der Waals surface area contributed by atoms with Crippen molar-refractivity contribution in [1.29, 1.82) is 0 Å². The normalized spacial score (nSPS) is 13.7. The number of benzene rings is 2. The van der Waals surface area contributed by atoms with Gasteiger partial charge in [-0.25, -0.2) is 13.4 Å². The second kappa shape index (κ2) is 7.81. The molecule has 7 nitrogen and oxygen atoms in total. The third-order valence-corrected chi connectivity index (χ3v) is 4.54. The van der Waals surface area contributed by atoms with Crippen LogP contribution in [0.2, 0.25) is 0 Å². The second-order valence-electron chi connectivity index (χ2n) is 5.51. The lowest BCUT2D eigenvalue weighted by Crippen LogP contribution is -2.25. The molecule has 0 spiro atoms. The summed E-state index contributed by atoms with van der Waals surface area (Å²) in [6, 6.07) is 9.00. The summed E-state index contributed by atoms with van der Waals surface area (Å²) in [6.45, 7) is 0.106. The summed E-state index contributed by atoms with van der Waals surface area (Å²) in [4.78, 5) is 11.4. The highest BCUT2D eigenvalue weighted by molar-refractivity contribution is 7.76. The van der Waals surface area contributed by atoms with Gasteiger partial charge in [-0.1, -0.05) is 12.1 Å². The Labute approximate surface area is 151 Å². The molecular weight excluding hydrogens is 365 g/mol. The number of nitrogens with zero attached hydrogens (tertiary/aromatic N) is 1. The third kappa shape index (κ3) is 4.01. The molecule has 2 aromatic carbocycles. The van der Waals surface area contributed by atoms with Gasteiger partial charge in [0.05, 0.1) is 12.7 Å². The first-order valence-electron chi connectivity index (χ1n) is 7.59. The molecule has 0 radical (unpaired) electrons. The zero-order chi connectivity index (χ0) is 18.7. The fraction of sp³-hybridized carbons (Fsp3) is 0.235. The van der Waals surface area contributed by atoms with E-state index in [1.54, 1.807) is 18.2 Å². The predicted molar refractivity (Wildman–Crippen MR) is 90.3 cm³/mol. The van der Waals surface area contributed by atoms with Crippen molar-refractivity contribution in [1.82, 2.24) is 4.31 Å². The summed E-state index contributed by atoms with van der Waals surface area (Å²) < 4.78 is 51.7. The van der Waals surface area contributed by atoms with Gasteiger partial charge in [-0.15, -0.1) is 0 Å². The lowest BCUT2D eigenvalue weighted by atomic mass is 10.1. The minimum absolute atomic E-state index is 0.0705. The fourth-order valence-electron chi connectivity index (χ4n) is 2.52. The van der Waals surface area contributed by atoms with E-state index in [-0.39, 0.29) is 31.0 Å². The first-order valence-corrected chi connectivity index (χ1v) is 8.65. The predicted octanol–water partition coefficient (Wildman–Crippen LogP) is 2.48. The zero-order valence-electron chi connectivity index (χ0n) is 13.8. The molecule has 0 fully saturated rings. The number of carbonyl (C=O) groups is 1. The number of hydrogen-bond donors (Lipinski definition) is 1. The molecule has 1 heterocycles. The summed E-state index contributed by atoms with van der Waals surface area (Å²) in [5.41, 5.74) is 0.963. The molecule has 2 aromatic rings. The van der Waals surface area contributed by atoms with Gasteiger partial charge in [0.25, 0.3) is 0 Å². The Morgan fingerprint density at radius 3 is 2.69 bits per heavy atom. The maximum Gasteiger partial charge on any atom is 0.337 e. The van der Waals surface area contributed by atoms with E-state index in [1.165, 1.54) is 23.5 Å². The molecule has 0 aromatic heterocycles. The molecule has 1 unspecified atom stereocenters. The molecule has 1 aliphatic rings. The molecule has 0 saturated carbocycles. The lowest BCUT2D eigenvalue weighted by molar-refractivity contribution is 0.0600. The number of hydrogen-bond acceptors (Lipinski definition) is 5. The highest BCUT2D eigenvalue weighted by Gasteiger charge is 2.19. The quantitative estimate of drug-likeness (QED) is 0.611. The average molecular weight is 381 g/mol. The zero-order valence-corrected chi connectivity index (χ0v) is 14.6. The minimum Gasteiger partial charge on any atom is -0.465 e. The van der Waals surface area contributed by atoms with E-state index in [2.05, 4.69) is 4.74 Å². The fourth-order valence-corrected chi connectivity index (χ4v) is 3.03. The number of halogens is 1. The molecule has 1 atom stereocenters. The Bertz CT molecular complexity index is 859. The number of carbonyl (C=O) groups excluding carboxylic acids is 1. The highest BCUT2D eigenvalue weighted by atomic mass is 32.2. The van der Waals surface area contributed by atoms with Crippen molar-refractivity contribution in [2.75, 3.05) is 13.9 Å². The van der Waals surface area contributed by atoms with Crippen LogP contribution in [0.1, 0.15) is 21.5 Å². The molecule has 0 amide bonds. The maximum atomic E-state index is 14.2. The molecule has 0 aliphatic carbocycles. The standard InChI is InChI=1S/C17H16FNO6S/c1-23-17(20)12-3-4-13(14(18)7-12)9-19(26(21)22)8-11-2-5-15-16(6-11)25-10-24-15/h2-7H,8-10H2,1H3,(H,21,22). The van der Waals surface area contributed by atoms with Crippen LogP contribution < -0.4 is 9.47 Å². The van der Waals surface area contributed by atoms with Crippen LogP contribution in [0.3, 0.4) is 0 Å². The van der Waals surface area contributed by atoms with Crippen molar-refractivity contribution in [2.24, 2.45) is 0 Å². The van der Waals surface area contributed by atoms with Gasteiger partial charge in [0.2, 0.25) is 18.1 Å². The molecule has 3 rings (SSSR count). The Morgan fingerprint density at radius 2 is 2.00 bits per heavy atom. The summed E-state index contributed by atoms with van der Waals surface area (Å²) >= 11 is -2.32. The topological polar surface area (TPSA) is 85.3 Å². The number of rotatable bonds is 6. The van der Waals surface area contributed by atoms with Gasteiger partial charge in [0.1, 0.15) is 5.82 Å². The first-order chi connectivity index (χ1) is 12.5. The number of ether oxygens (including phenoxy) is 3. The summed E-state index contributed by atoms with van der Waals surface area (Å²) in [5, 5.41) is 0. The molecule has 1 N–H and O–H groups in total. The smallest absolute Gasteiger partial charge is 0.337 e. The SMILES string of the molecule is COC(=O)c1ccc(CN(Cc2ccc3c(c2)OCO3)S(=O)O)c(F)c1. The summed E-state index contributed by atoms with van der Waals surface area (Å²) in [6.07, 6.45) is 0. The van der Waals surface area contributed by atoms with Gasteiger partial charge in [0.15, 0.2) is 11.5 Å². The van der Waals surface area contributed by atoms with E-state index in [9.17, 15) is 17.9 Å². The van der Waals surface area contributed by atoms with Crippen molar-refractivity contribution >= 4 is 17.2 Å². The molecule has 0 bridgehead atoms.